The Kier molecular flexibility index (Phi) is 4.83. The van der Waals surface area contributed by atoms with E-state index in [0.29, 0.717) is 10.2 Å². The first-order valence-electron chi connectivity index (χ1n) is 6.11. The molecule has 0 aliphatic rings. The smallest absolute Gasteiger partial charge is 0.258 e. The number of nitro benzene ring substituents is 1. The minimum atomic E-state index is -0.365. The van der Waals surface area contributed by atoms with Crippen LogP contribution in [-0.2, 0) is 5.75 Å². The molecular formula is C15H14BrNO2S. The number of hydrogen-bond acceptors (Lipinski definition) is 3. The van der Waals surface area contributed by atoms with E-state index in [4.69, 9.17) is 0 Å². The molecule has 104 valence electrons. The molecule has 0 bridgehead atoms. The molecule has 0 radical (unpaired) electrons. The molecule has 0 unspecified atom stereocenters. The summed E-state index contributed by atoms with van der Waals surface area (Å²) in [4.78, 5) is 11.8. The van der Waals surface area contributed by atoms with Gasteiger partial charge in [-0.15, -0.1) is 11.8 Å². The zero-order valence-electron chi connectivity index (χ0n) is 11.2. The Morgan fingerprint density at radius 3 is 2.70 bits per heavy atom. The Balaban J connectivity index is 2.21. The lowest BCUT2D eigenvalue weighted by Crippen LogP contribution is -1.93. The van der Waals surface area contributed by atoms with Crippen molar-refractivity contribution in [1.82, 2.24) is 0 Å². The maximum absolute atomic E-state index is 10.9. The van der Waals surface area contributed by atoms with Gasteiger partial charge in [0.2, 0.25) is 0 Å². The molecule has 0 aliphatic heterocycles. The van der Waals surface area contributed by atoms with Crippen LogP contribution in [0.4, 0.5) is 5.69 Å². The van der Waals surface area contributed by atoms with Crippen molar-refractivity contribution in [3.8, 4) is 0 Å². The number of rotatable bonds is 4. The van der Waals surface area contributed by atoms with Crippen molar-refractivity contribution < 1.29 is 4.92 Å². The van der Waals surface area contributed by atoms with Crippen LogP contribution in [0.1, 0.15) is 16.7 Å². The predicted octanol–water partition coefficient (Wildman–Crippen LogP) is 5.27. The standard InChI is InChI=1S/C15H14BrNO2S/c1-10-6-7-11(2)14(8-10)20-9-12-4-3-5-13(15(12)16)17(18)19/h3-8H,9H2,1-2H3. The van der Waals surface area contributed by atoms with Crippen molar-refractivity contribution >= 4 is 33.4 Å². The lowest BCUT2D eigenvalue weighted by Gasteiger charge is -2.08. The summed E-state index contributed by atoms with van der Waals surface area (Å²) in [7, 11) is 0. The van der Waals surface area contributed by atoms with Crippen LogP contribution >= 0.6 is 27.7 Å². The fraction of sp³-hybridized carbons (Fsp3) is 0.200. The van der Waals surface area contributed by atoms with Gasteiger partial charge in [-0.3, -0.25) is 10.1 Å². The molecule has 0 saturated heterocycles. The molecule has 0 heterocycles. The topological polar surface area (TPSA) is 43.1 Å². The van der Waals surface area contributed by atoms with Crippen LogP contribution in [0.5, 0.6) is 0 Å². The number of benzene rings is 2. The summed E-state index contributed by atoms with van der Waals surface area (Å²) in [6, 6.07) is 11.5. The van der Waals surface area contributed by atoms with E-state index in [-0.39, 0.29) is 10.6 Å². The minimum absolute atomic E-state index is 0.115. The van der Waals surface area contributed by atoms with Gasteiger partial charge >= 0.3 is 0 Å². The molecule has 2 rings (SSSR count). The summed E-state index contributed by atoms with van der Waals surface area (Å²) < 4.78 is 0.572. The van der Waals surface area contributed by atoms with E-state index in [2.05, 4.69) is 48.0 Å². The molecule has 0 atom stereocenters. The Bertz CT molecular complexity index is 658. The van der Waals surface area contributed by atoms with Gasteiger partial charge in [-0.2, -0.15) is 0 Å². The van der Waals surface area contributed by atoms with Gasteiger partial charge in [-0.05, 0) is 47.0 Å². The van der Waals surface area contributed by atoms with E-state index in [9.17, 15) is 10.1 Å². The zero-order valence-corrected chi connectivity index (χ0v) is 13.6. The monoisotopic (exact) mass is 351 g/mol. The third kappa shape index (κ3) is 3.41. The van der Waals surface area contributed by atoms with Crippen molar-refractivity contribution in [2.24, 2.45) is 0 Å². The zero-order chi connectivity index (χ0) is 14.7. The van der Waals surface area contributed by atoms with Crippen LogP contribution in [0.15, 0.2) is 45.8 Å². The summed E-state index contributed by atoms with van der Waals surface area (Å²) in [5.41, 5.74) is 3.49. The second kappa shape index (κ2) is 6.41. The van der Waals surface area contributed by atoms with Gasteiger partial charge in [0, 0.05) is 16.7 Å². The number of nitrogens with zero attached hydrogens (tertiary/aromatic N) is 1. The van der Waals surface area contributed by atoms with Gasteiger partial charge in [0.25, 0.3) is 5.69 Å². The molecule has 3 nitrogen and oxygen atoms in total. The average Bonchev–Trinajstić information content (AvgIpc) is 2.41. The molecule has 0 amide bonds. The van der Waals surface area contributed by atoms with Gasteiger partial charge in [0.15, 0.2) is 0 Å². The molecule has 0 spiro atoms. The first kappa shape index (κ1) is 15.1. The molecule has 0 aliphatic carbocycles. The van der Waals surface area contributed by atoms with Gasteiger partial charge in [0.1, 0.15) is 0 Å². The number of halogens is 1. The molecule has 2 aromatic rings. The molecule has 0 N–H and O–H groups in total. The predicted molar refractivity (Wildman–Crippen MR) is 86.3 cm³/mol. The van der Waals surface area contributed by atoms with Gasteiger partial charge < -0.3 is 0 Å². The second-order valence-electron chi connectivity index (χ2n) is 4.56. The van der Waals surface area contributed by atoms with Gasteiger partial charge in [0.05, 0.1) is 9.40 Å². The van der Waals surface area contributed by atoms with Crippen LogP contribution in [0.2, 0.25) is 0 Å². The van der Waals surface area contributed by atoms with Crippen molar-refractivity contribution in [3.63, 3.8) is 0 Å². The SMILES string of the molecule is Cc1ccc(C)c(SCc2cccc([N+](=O)[O-])c2Br)c1. The van der Waals surface area contributed by atoms with Crippen LogP contribution in [0.3, 0.4) is 0 Å². The first-order chi connectivity index (χ1) is 9.49. The summed E-state index contributed by atoms with van der Waals surface area (Å²) in [6.07, 6.45) is 0. The highest BCUT2D eigenvalue weighted by Crippen LogP contribution is 2.33. The first-order valence-corrected chi connectivity index (χ1v) is 7.88. The Labute approximate surface area is 130 Å². The normalized spacial score (nSPS) is 10.6. The van der Waals surface area contributed by atoms with Crippen LogP contribution in [-0.4, -0.2) is 4.92 Å². The fourth-order valence-corrected chi connectivity index (χ4v) is 3.69. The highest BCUT2D eigenvalue weighted by atomic mass is 79.9. The van der Waals surface area contributed by atoms with Gasteiger partial charge in [-0.1, -0.05) is 29.8 Å². The summed E-state index contributed by atoms with van der Waals surface area (Å²) in [6.45, 7) is 4.14. The Morgan fingerprint density at radius 1 is 1.25 bits per heavy atom. The number of hydrogen-bond donors (Lipinski definition) is 0. The quantitative estimate of drug-likeness (QED) is 0.428. The van der Waals surface area contributed by atoms with Crippen LogP contribution < -0.4 is 0 Å². The largest absolute Gasteiger partial charge is 0.283 e. The number of thioether (sulfide) groups is 1. The van der Waals surface area contributed by atoms with E-state index in [1.54, 1.807) is 17.8 Å². The minimum Gasteiger partial charge on any atom is -0.258 e. The van der Waals surface area contributed by atoms with Crippen molar-refractivity contribution in [2.45, 2.75) is 24.5 Å². The molecule has 2 aromatic carbocycles. The van der Waals surface area contributed by atoms with E-state index in [0.717, 1.165) is 5.56 Å². The molecular weight excluding hydrogens is 338 g/mol. The fourth-order valence-electron chi connectivity index (χ4n) is 1.84. The van der Waals surface area contributed by atoms with Crippen LogP contribution in [0, 0.1) is 24.0 Å². The van der Waals surface area contributed by atoms with E-state index < -0.39 is 0 Å². The molecule has 20 heavy (non-hydrogen) atoms. The van der Waals surface area contributed by atoms with Crippen molar-refractivity contribution in [2.75, 3.05) is 0 Å². The van der Waals surface area contributed by atoms with E-state index >= 15 is 0 Å². The molecule has 5 heteroatoms. The molecule has 0 aromatic heterocycles. The summed E-state index contributed by atoms with van der Waals surface area (Å²) in [5, 5.41) is 10.9. The van der Waals surface area contributed by atoms with E-state index in [1.807, 2.05) is 6.07 Å². The molecule has 0 saturated carbocycles. The summed E-state index contributed by atoms with van der Waals surface area (Å²) >= 11 is 5.03. The maximum atomic E-state index is 10.9. The maximum Gasteiger partial charge on any atom is 0.283 e. The second-order valence-corrected chi connectivity index (χ2v) is 6.38. The lowest BCUT2D eigenvalue weighted by molar-refractivity contribution is -0.385. The van der Waals surface area contributed by atoms with E-state index in [1.165, 1.54) is 22.1 Å². The third-order valence-electron chi connectivity index (χ3n) is 2.98. The van der Waals surface area contributed by atoms with Crippen molar-refractivity contribution in [3.05, 3.63) is 67.7 Å². The number of nitro groups is 1. The molecule has 0 fully saturated rings. The average molecular weight is 352 g/mol. The highest BCUT2D eigenvalue weighted by Gasteiger charge is 2.14. The highest BCUT2D eigenvalue weighted by molar-refractivity contribution is 9.10. The van der Waals surface area contributed by atoms with Gasteiger partial charge in [-0.25, -0.2) is 0 Å². The summed E-state index contributed by atoms with van der Waals surface area (Å²) in [5.74, 6) is 0.701. The van der Waals surface area contributed by atoms with Crippen molar-refractivity contribution in [1.29, 1.82) is 0 Å². The Morgan fingerprint density at radius 2 is 2.00 bits per heavy atom. The number of aryl methyl sites for hydroxylation is 2. The third-order valence-corrected chi connectivity index (χ3v) is 5.10. The lowest BCUT2D eigenvalue weighted by atomic mass is 10.2. The Hall–Kier alpha value is -1.33. The van der Waals surface area contributed by atoms with Crippen LogP contribution in [0.25, 0.3) is 0 Å².